The van der Waals surface area contributed by atoms with Crippen LogP contribution >= 0.6 is 0 Å². The summed E-state index contributed by atoms with van der Waals surface area (Å²) in [6.07, 6.45) is 7.27. The van der Waals surface area contributed by atoms with Crippen LogP contribution in [0.4, 0.5) is 0 Å². The molecule has 3 aliphatic heterocycles. The van der Waals surface area contributed by atoms with E-state index in [0.717, 1.165) is 50.9 Å². The van der Waals surface area contributed by atoms with E-state index in [1.165, 1.54) is 0 Å². The second-order valence-electron chi connectivity index (χ2n) is 6.94. The Kier molecular flexibility index (Phi) is 4.37. The van der Waals surface area contributed by atoms with Gasteiger partial charge in [0.1, 0.15) is 6.10 Å². The van der Waals surface area contributed by atoms with E-state index in [9.17, 15) is 4.79 Å². The van der Waals surface area contributed by atoms with E-state index in [4.69, 9.17) is 9.47 Å². The summed E-state index contributed by atoms with van der Waals surface area (Å²) in [4.78, 5) is 23.0. The predicted octanol–water partition coefficient (Wildman–Crippen LogP) is 0.674. The van der Waals surface area contributed by atoms with Crippen molar-refractivity contribution in [1.29, 1.82) is 0 Å². The number of amides is 1. The van der Waals surface area contributed by atoms with Gasteiger partial charge in [-0.2, -0.15) is 0 Å². The van der Waals surface area contributed by atoms with Crippen LogP contribution in [0.2, 0.25) is 0 Å². The monoisotopic (exact) mass is 332 g/mol. The summed E-state index contributed by atoms with van der Waals surface area (Å²) in [5, 5.41) is 3.44. The minimum Gasteiger partial charge on any atom is -0.460 e. The van der Waals surface area contributed by atoms with Crippen molar-refractivity contribution in [2.45, 2.75) is 56.9 Å². The molecule has 24 heavy (non-hydrogen) atoms. The number of aromatic nitrogens is 2. The third-order valence-electron chi connectivity index (χ3n) is 5.17. The number of carbonyl (C=O) groups excluding carboxylic acids is 1. The van der Waals surface area contributed by atoms with Crippen LogP contribution in [0.5, 0.6) is 6.01 Å². The molecule has 0 saturated carbocycles. The van der Waals surface area contributed by atoms with Gasteiger partial charge in [-0.1, -0.05) is 0 Å². The van der Waals surface area contributed by atoms with Crippen LogP contribution in [0.15, 0.2) is 12.4 Å². The Morgan fingerprint density at radius 3 is 2.75 bits per heavy atom. The summed E-state index contributed by atoms with van der Waals surface area (Å²) in [5.74, 6) is 0.207. The Morgan fingerprint density at radius 2 is 2.04 bits per heavy atom. The topological polar surface area (TPSA) is 76.6 Å². The fraction of sp³-hybridized carbons (Fsp3) is 0.706. The molecule has 4 heterocycles. The van der Waals surface area contributed by atoms with E-state index in [1.54, 1.807) is 12.4 Å². The number of nitrogens with one attached hydrogen (secondary N) is 1. The van der Waals surface area contributed by atoms with Gasteiger partial charge in [-0.15, -0.1) is 0 Å². The number of rotatable bonds is 3. The van der Waals surface area contributed by atoms with Crippen LogP contribution in [-0.2, 0) is 9.53 Å². The minimum absolute atomic E-state index is 0.0796. The third kappa shape index (κ3) is 3.23. The summed E-state index contributed by atoms with van der Waals surface area (Å²) >= 11 is 0. The highest BCUT2D eigenvalue weighted by atomic mass is 16.5. The number of nitrogens with zero attached hydrogens (tertiary/aromatic N) is 3. The van der Waals surface area contributed by atoms with Gasteiger partial charge < -0.3 is 19.7 Å². The molecule has 0 aliphatic carbocycles. The Morgan fingerprint density at radius 1 is 1.29 bits per heavy atom. The van der Waals surface area contributed by atoms with Gasteiger partial charge in [-0.05, 0) is 25.3 Å². The number of likely N-dealkylation sites (tertiary alicyclic amines) is 1. The van der Waals surface area contributed by atoms with Gasteiger partial charge in [0.2, 0.25) is 5.91 Å². The number of carbonyl (C=O) groups is 1. The number of aryl methyl sites for hydroxylation is 1. The van der Waals surface area contributed by atoms with Gasteiger partial charge in [0, 0.05) is 51.0 Å². The van der Waals surface area contributed by atoms with Crippen molar-refractivity contribution in [3.05, 3.63) is 18.0 Å². The summed E-state index contributed by atoms with van der Waals surface area (Å²) in [5.41, 5.74) is 1.01. The van der Waals surface area contributed by atoms with Crippen molar-refractivity contribution in [1.82, 2.24) is 20.2 Å². The molecule has 7 heteroatoms. The molecular weight excluding hydrogens is 308 g/mol. The lowest BCUT2D eigenvalue weighted by molar-refractivity contribution is -0.135. The third-order valence-corrected chi connectivity index (χ3v) is 5.17. The molecule has 130 valence electrons. The van der Waals surface area contributed by atoms with Gasteiger partial charge in [0.25, 0.3) is 0 Å². The zero-order valence-corrected chi connectivity index (χ0v) is 14.0. The highest BCUT2D eigenvalue weighted by Crippen LogP contribution is 2.27. The van der Waals surface area contributed by atoms with Crippen molar-refractivity contribution in [2.24, 2.45) is 0 Å². The number of piperidine rings is 1. The Hall–Kier alpha value is -1.73. The lowest BCUT2D eigenvalue weighted by Gasteiger charge is -2.33. The Labute approximate surface area is 141 Å². The number of ether oxygens (including phenoxy) is 2. The molecule has 0 aromatic carbocycles. The fourth-order valence-corrected chi connectivity index (χ4v) is 3.81. The lowest BCUT2D eigenvalue weighted by Crippen LogP contribution is -2.49. The van der Waals surface area contributed by atoms with Crippen molar-refractivity contribution in [2.75, 3.05) is 19.7 Å². The van der Waals surface area contributed by atoms with E-state index in [2.05, 4.69) is 15.3 Å². The van der Waals surface area contributed by atoms with Crippen molar-refractivity contribution in [3.8, 4) is 6.01 Å². The smallest absolute Gasteiger partial charge is 0.316 e. The molecule has 4 rings (SSSR count). The first-order valence-corrected chi connectivity index (χ1v) is 8.81. The zero-order chi connectivity index (χ0) is 16.5. The lowest BCUT2D eigenvalue weighted by atomic mass is 10.1. The number of hydrogen-bond acceptors (Lipinski definition) is 6. The molecule has 1 aromatic heterocycles. The number of fused-ring (bicyclic) bond motifs is 1. The zero-order valence-electron chi connectivity index (χ0n) is 14.0. The summed E-state index contributed by atoms with van der Waals surface area (Å²) in [6.45, 7) is 4.21. The van der Waals surface area contributed by atoms with E-state index < -0.39 is 0 Å². The van der Waals surface area contributed by atoms with Crippen LogP contribution in [0.1, 0.15) is 31.2 Å². The SMILES string of the molecule is Cc1cnc(OC2CCN(C(=O)[C@@H]3C[C@@H]4OCC[C@@H]4N3)CC2)nc1. The standard InChI is InChI=1S/C17H24N4O3/c1-11-9-18-17(19-10-11)24-12-2-5-21(6-3-12)16(22)14-8-15-13(20-14)4-7-23-15/h9-10,12-15,20H,2-8H2,1H3/t13-,14-,15-/m0/s1. The quantitative estimate of drug-likeness (QED) is 0.877. The highest BCUT2D eigenvalue weighted by molar-refractivity contribution is 5.82. The first-order chi connectivity index (χ1) is 11.7. The molecule has 3 fully saturated rings. The highest BCUT2D eigenvalue weighted by Gasteiger charge is 2.42. The van der Waals surface area contributed by atoms with E-state index in [1.807, 2.05) is 11.8 Å². The summed E-state index contributed by atoms with van der Waals surface area (Å²) in [6, 6.07) is 0.699. The van der Waals surface area contributed by atoms with Gasteiger partial charge in [-0.3, -0.25) is 4.79 Å². The van der Waals surface area contributed by atoms with Crippen LogP contribution in [-0.4, -0.2) is 64.8 Å². The van der Waals surface area contributed by atoms with Crippen LogP contribution in [0, 0.1) is 6.92 Å². The molecule has 1 N–H and O–H groups in total. The first-order valence-electron chi connectivity index (χ1n) is 8.81. The molecular formula is C17H24N4O3. The second-order valence-corrected chi connectivity index (χ2v) is 6.94. The predicted molar refractivity (Wildman–Crippen MR) is 86.7 cm³/mol. The molecule has 7 nitrogen and oxygen atoms in total. The maximum atomic E-state index is 12.7. The maximum absolute atomic E-state index is 12.7. The second kappa shape index (κ2) is 6.64. The molecule has 3 atom stereocenters. The fourth-order valence-electron chi connectivity index (χ4n) is 3.81. The minimum atomic E-state index is -0.0850. The van der Waals surface area contributed by atoms with Crippen molar-refractivity contribution >= 4 is 5.91 Å². The number of hydrogen-bond donors (Lipinski definition) is 1. The molecule has 0 bridgehead atoms. The largest absolute Gasteiger partial charge is 0.460 e. The van der Waals surface area contributed by atoms with Crippen molar-refractivity contribution < 1.29 is 14.3 Å². The first kappa shape index (κ1) is 15.8. The van der Waals surface area contributed by atoms with E-state index in [-0.39, 0.29) is 24.2 Å². The maximum Gasteiger partial charge on any atom is 0.316 e. The van der Waals surface area contributed by atoms with Crippen LogP contribution in [0.3, 0.4) is 0 Å². The van der Waals surface area contributed by atoms with E-state index in [0.29, 0.717) is 12.1 Å². The Balaban J connectivity index is 1.26. The molecule has 0 radical (unpaired) electrons. The molecule has 0 unspecified atom stereocenters. The molecule has 0 spiro atoms. The van der Waals surface area contributed by atoms with Crippen LogP contribution < -0.4 is 10.1 Å². The molecule has 3 aliphatic rings. The normalized spacial score (nSPS) is 30.4. The van der Waals surface area contributed by atoms with Gasteiger partial charge in [-0.25, -0.2) is 9.97 Å². The Bertz CT molecular complexity index is 574. The van der Waals surface area contributed by atoms with Crippen molar-refractivity contribution in [3.63, 3.8) is 0 Å². The average molecular weight is 332 g/mol. The molecule has 3 saturated heterocycles. The van der Waals surface area contributed by atoms with Gasteiger partial charge in [0.15, 0.2) is 0 Å². The van der Waals surface area contributed by atoms with Gasteiger partial charge >= 0.3 is 6.01 Å². The average Bonchev–Trinajstić information content (AvgIpc) is 3.19. The van der Waals surface area contributed by atoms with Gasteiger partial charge in [0.05, 0.1) is 12.1 Å². The van der Waals surface area contributed by atoms with Crippen LogP contribution in [0.25, 0.3) is 0 Å². The summed E-state index contributed by atoms with van der Waals surface area (Å²) in [7, 11) is 0. The molecule has 1 amide bonds. The molecule has 1 aromatic rings. The van der Waals surface area contributed by atoms with E-state index >= 15 is 0 Å². The summed E-state index contributed by atoms with van der Waals surface area (Å²) < 4.78 is 11.5.